The maximum atomic E-state index is 15.3. The fourth-order valence-corrected chi connectivity index (χ4v) is 5.92. The molecule has 232 valence electrons. The monoisotopic (exact) mass is 628 g/mol. The van der Waals surface area contributed by atoms with E-state index in [9.17, 15) is 18.4 Å². The number of thiazole rings is 1. The van der Waals surface area contributed by atoms with Gasteiger partial charge in [-0.15, -0.1) is 0 Å². The smallest absolute Gasteiger partial charge is 0.435 e. The number of aromatic amines is 1. The second-order valence-electron chi connectivity index (χ2n) is 10.7. The first-order valence-electron chi connectivity index (χ1n) is 13.9. The number of benzene rings is 2. The number of rotatable bonds is 9. The van der Waals surface area contributed by atoms with Crippen molar-refractivity contribution in [2.75, 3.05) is 70.8 Å². The molecule has 0 unspecified atom stereocenters. The lowest BCUT2D eigenvalue weighted by atomic mass is 10.0. The lowest BCUT2D eigenvalue weighted by Gasteiger charge is -2.36. The van der Waals surface area contributed by atoms with Crippen molar-refractivity contribution in [2.24, 2.45) is 5.10 Å². The van der Waals surface area contributed by atoms with Crippen molar-refractivity contribution < 1.29 is 22.3 Å². The van der Waals surface area contributed by atoms with Crippen LogP contribution in [0.4, 0.5) is 28.4 Å². The summed E-state index contributed by atoms with van der Waals surface area (Å²) < 4.78 is 64.0. The largest absolute Gasteiger partial charge is 0.497 e. The average Bonchev–Trinajstić information content (AvgIpc) is 3.55. The van der Waals surface area contributed by atoms with Crippen LogP contribution in [0.2, 0.25) is 0 Å². The van der Waals surface area contributed by atoms with Crippen LogP contribution in [0, 0.1) is 24.1 Å². The zero-order valence-electron chi connectivity index (χ0n) is 24.7. The summed E-state index contributed by atoms with van der Waals surface area (Å²) >= 11 is 0.890. The minimum atomic E-state index is -4.85. The first-order valence-corrected chi connectivity index (χ1v) is 14.7. The standard InChI is InChI=1S/C30H32F4N8OS/c1-18-26(21-15-24(22(31)16-23(21)36-18)42-13-11-41(12-14-42)10-9-40(2)3)28(30(32,33)34)38-39-29-37-27(25(17-35)44-29)19-5-7-20(43-4)8-6-19/h5-8,15-16,36H,9-14H2,1-4H3,(H,37,39)/b38-28-. The Kier molecular flexibility index (Phi) is 9.10. The van der Waals surface area contributed by atoms with Gasteiger partial charge in [-0.2, -0.15) is 23.5 Å². The Hall–Kier alpha value is -4.19. The number of nitrogens with one attached hydrogen (secondary N) is 2. The number of piperazine rings is 1. The molecule has 0 radical (unpaired) electrons. The Labute approximate surface area is 256 Å². The second kappa shape index (κ2) is 12.8. The number of hydrazone groups is 1. The third-order valence-corrected chi connectivity index (χ3v) is 8.36. The number of anilines is 2. The van der Waals surface area contributed by atoms with E-state index in [1.807, 2.05) is 25.1 Å². The number of hydrogen-bond donors (Lipinski definition) is 2. The molecule has 0 atom stereocenters. The molecule has 0 bridgehead atoms. The van der Waals surface area contributed by atoms with Gasteiger partial charge in [0.25, 0.3) is 0 Å². The number of fused-ring (bicyclic) bond motifs is 1. The van der Waals surface area contributed by atoms with Gasteiger partial charge in [0.2, 0.25) is 5.13 Å². The van der Waals surface area contributed by atoms with E-state index in [0.29, 0.717) is 30.1 Å². The summed E-state index contributed by atoms with van der Waals surface area (Å²) in [5.41, 5.74) is 2.66. The Bertz CT molecular complexity index is 1700. The molecule has 14 heteroatoms. The number of aryl methyl sites for hydroxylation is 1. The van der Waals surface area contributed by atoms with Gasteiger partial charge < -0.3 is 19.5 Å². The highest BCUT2D eigenvalue weighted by Gasteiger charge is 2.40. The second-order valence-corrected chi connectivity index (χ2v) is 11.7. The maximum absolute atomic E-state index is 15.3. The molecule has 44 heavy (non-hydrogen) atoms. The van der Waals surface area contributed by atoms with Crippen LogP contribution in [0.5, 0.6) is 5.75 Å². The normalized spacial score (nSPS) is 14.8. The molecular weight excluding hydrogens is 596 g/mol. The zero-order valence-corrected chi connectivity index (χ0v) is 25.5. The minimum absolute atomic E-state index is 0.0190. The highest BCUT2D eigenvalue weighted by Crippen LogP contribution is 2.36. The van der Waals surface area contributed by atoms with Crippen LogP contribution < -0.4 is 15.1 Å². The van der Waals surface area contributed by atoms with Crippen molar-refractivity contribution in [2.45, 2.75) is 13.1 Å². The highest BCUT2D eigenvalue weighted by molar-refractivity contribution is 7.16. The topological polar surface area (TPSA) is 95.8 Å². The van der Waals surface area contributed by atoms with Crippen molar-refractivity contribution in [3.63, 3.8) is 0 Å². The van der Waals surface area contributed by atoms with Crippen LogP contribution in [0.25, 0.3) is 22.2 Å². The van der Waals surface area contributed by atoms with Crippen LogP contribution in [-0.2, 0) is 0 Å². The minimum Gasteiger partial charge on any atom is -0.497 e. The SMILES string of the molecule is COc1ccc(-c2nc(N/N=C(/c3c(C)[nH]c4cc(F)c(N5CCN(CCN(C)C)CC5)cc34)C(F)(F)F)sc2C#N)cc1. The number of methoxy groups -OCH3 is 1. The number of H-pyrrole nitrogens is 1. The van der Waals surface area contributed by atoms with Crippen molar-refractivity contribution in [1.29, 1.82) is 5.26 Å². The zero-order chi connectivity index (χ0) is 31.6. The predicted molar refractivity (Wildman–Crippen MR) is 165 cm³/mol. The van der Waals surface area contributed by atoms with Crippen molar-refractivity contribution >= 4 is 38.8 Å². The molecule has 1 fully saturated rings. The van der Waals surface area contributed by atoms with Crippen molar-refractivity contribution in [3.05, 3.63) is 58.3 Å². The van der Waals surface area contributed by atoms with E-state index in [1.54, 1.807) is 24.3 Å². The van der Waals surface area contributed by atoms with Gasteiger partial charge in [-0.25, -0.2) is 9.37 Å². The number of likely N-dealkylation sites (N-methyl/N-ethyl adjacent to an activating group) is 1. The van der Waals surface area contributed by atoms with Crippen LogP contribution in [0.1, 0.15) is 16.1 Å². The fraction of sp³-hybridized carbons (Fsp3) is 0.367. The molecule has 0 saturated carbocycles. The van der Waals surface area contributed by atoms with Gasteiger partial charge in [0.15, 0.2) is 5.71 Å². The molecule has 1 aliphatic heterocycles. The van der Waals surface area contributed by atoms with Gasteiger partial charge in [0.05, 0.1) is 12.8 Å². The van der Waals surface area contributed by atoms with Gasteiger partial charge >= 0.3 is 6.18 Å². The molecule has 3 heterocycles. The summed E-state index contributed by atoms with van der Waals surface area (Å²) in [7, 11) is 5.54. The molecule has 0 spiro atoms. The average molecular weight is 629 g/mol. The number of hydrogen-bond acceptors (Lipinski definition) is 9. The van der Waals surface area contributed by atoms with E-state index in [-0.39, 0.29) is 37.9 Å². The predicted octanol–water partition coefficient (Wildman–Crippen LogP) is 5.68. The van der Waals surface area contributed by atoms with Crippen LogP contribution in [0.15, 0.2) is 41.5 Å². The summed E-state index contributed by atoms with van der Waals surface area (Å²) in [6.07, 6.45) is -4.85. The first-order chi connectivity index (χ1) is 21.0. The summed E-state index contributed by atoms with van der Waals surface area (Å²) in [5, 5.41) is 13.6. The fourth-order valence-electron chi connectivity index (χ4n) is 5.19. The van der Waals surface area contributed by atoms with Crippen molar-refractivity contribution in [3.8, 4) is 23.1 Å². The third kappa shape index (κ3) is 6.64. The van der Waals surface area contributed by atoms with Gasteiger partial charge in [0.1, 0.15) is 28.2 Å². The number of halogens is 4. The molecule has 2 aromatic carbocycles. The number of nitriles is 1. The number of ether oxygens (including phenoxy) is 1. The third-order valence-electron chi connectivity index (χ3n) is 7.49. The van der Waals surface area contributed by atoms with Crippen LogP contribution in [0.3, 0.4) is 0 Å². The van der Waals surface area contributed by atoms with Gasteiger partial charge in [0, 0.05) is 73.1 Å². The van der Waals surface area contributed by atoms with Gasteiger partial charge in [-0.1, -0.05) is 11.3 Å². The van der Waals surface area contributed by atoms with E-state index in [4.69, 9.17) is 4.74 Å². The van der Waals surface area contributed by atoms with E-state index < -0.39 is 17.7 Å². The Morgan fingerprint density at radius 1 is 1.18 bits per heavy atom. The van der Waals surface area contributed by atoms with E-state index in [0.717, 1.165) is 37.5 Å². The first kappa shape index (κ1) is 31.2. The highest BCUT2D eigenvalue weighted by atomic mass is 32.1. The number of nitrogens with zero attached hydrogens (tertiary/aromatic N) is 6. The molecular formula is C30H32F4N8OS. The van der Waals surface area contributed by atoms with Gasteiger partial charge in [-0.3, -0.25) is 10.3 Å². The summed E-state index contributed by atoms with van der Waals surface area (Å²) in [6.45, 7) is 5.84. The Balaban J connectivity index is 1.46. The molecule has 2 aromatic heterocycles. The molecule has 0 aliphatic carbocycles. The molecule has 1 aliphatic rings. The van der Waals surface area contributed by atoms with Gasteiger partial charge in [-0.05, 0) is 51.4 Å². The van der Waals surface area contributed by atoms with E-state index in [2.05, 4.69) is 30.3 Å². The quantitative estimate of drug-likeness (QED) is 0.140. The summed E-state index contributed by atoms with van der Waals surface area (Å²) in [5.74, 6) is 0.105. The summed E-state index contributed by atoms with van der Waals surface area (Å²) in [6, 6.07) is 11.6. The molecule has 2 N–H and O–H groups in total. The lowest BCUT2D eigenvalue weighted by Crippen LogP contribution is -2.48. The molecule has 9 nitrogen and oxygen atoms in total. The van der Waals surface area contributed by atoms with E-state index >= 15 is 4.39 Å². The maximum Gasteiger partial charge on any atom is 0.435 e. The lowest BCUT2D eigenvalue weighted by molar-refractivity contribution is -0.0581. The van der Waals surface area contributed by atoms with Crippen LogP contribution >= 0.6 is 11.3 Å². The molecule has 5 rings (SSSR count). The molecule has 0 amide bonds. The Morgan fingerprint density at radius 3 is 2.50 bits per heavy atom. The number of aromatic nitrogens is 2. The summed E-state index contributed by atoms with van der Waals surface area (Å²) in [4.78, 5) is 13.7. The Morgan fingerprint density at radius 2 is 1.89 bits per heavy atom. The number of alkyl halides is 3. The van der Waals surface area contributed by atoms with E-state index in [1.165, 1.54) is 26.2 Å². The van der Waals surface area contributed by atoms with Crippen molar-refractivity contribution in [1.82, 2.24) is 19.8 Å². The molecule has 4 aromatic rings. The molecule has 1 saturated heterocycles. The van der Waals surface area contributed by atoms with Crippen LogP contribution in [-0.4, -0.2) is 92.1 Å².